The van der Waals surface area contributed by atoms with Gasteiger partial charge in [0.1, 0.15) is 5.76 Å². The molecule has 1 amide bonds. The first-order valence-corrected chi connectivity index (χ1v) is 9.15. The number of carbonyl (C=O) groups excluding carboxylic acids is 1. The number of rotatable bonds is 5. The van der Waals surface area contributed by atoms with Crippen LogP contribution in [0.15, 0.2) is 28.2 Å². The fraction of sp³-hybridized carbons (Fsp3) is 0.529. The van der Waals surface area contributed by atoms with E-state index in [1.54, 1.807) is 17.6 Å². The van der Waals surface area contributed by atoms with Crippen molar-refractivity contribution in [3.8, 4) is 0 Å². The van der Waals surface area contributed by atoms with E-state index in [2.05, 4.69) is 32.4 Å². The molecule has 2 atom stereocenters. The minimum absolute atomic E-state index is 0.0390. The van der Waals surface area contributed by atoms with Gasteiger partial charge in [-0.25, -0.2) is 4.98 Å². The fourth-order valence-corrected chi connectivity index (χ4v) is 3.93. The maximum atomic E-state index is 12.4. The van der Waals surface area contributed by atoms with Crippen molar-refractivity contribution < 1.29 is 9.21 Å². The number of nitrogens with one attached hydrogen (secondary N) is 1. The Kier molecular flexibility index (Phi) is 5.20. The number of carbonyl (C=O) groups is 1. The van der Waals surface area contributed by atoms with E-state index in [4.69, 9.17) is 4.42 Å². The van der Waals surface area contributed by atoms with Crippen molar-refractivity contribution in [2.45, 2.75) is 39.4 Å². The van der Waals surface area contributed by atoms with E-state index in [1.165, 1.54) is 0 Å². The van der Waals surface area contributed by atoms with Crippen LogP contribution in [0.3, 0.4) is 0 Å². The Balaban J connectivity index is 1.53. The Labute approximate surface area is 146 Å². The van der Waals surface area contributed by atoms with Crippen LogP contribution in [0.25, 0.3) is 0 Å². The summed E-state index contributed by atoms with van der Waals surface area (Å²) in [6, 6.07) is 3.88. The molecular weight excluding hydrogens is 324 g/mol. The second kappa shape index (κ2) is 7.36. The van der Waals surface area contributed by atoms with Crippen molar-refractivity contribution in [1.29, 1.82) is 0 Å². The molecule has 0 spiro atoms. The van der Waals surface area contributed by atoms with Crippen LogP contribution in [0.1, 0.15) is 25.3 Å². The van der Waals surface area contributed by atoms with E-state index in [9.17, 15) is 4.79 Å². The normalized spacial score (nSPS) is 20.1. The molecular formula is C17H24N4O2S. The third-order valence-corrected chi connectivity index (χ3v) is 5.45. The molecule has 0 saturated carbocycles. The Morgan fingerprint density at radius 1 is 1.54 bits per heavy atom. The van der Waals surface area contributed by atoms with Gasteiger partial charge in [-0.05, 0) is 32.9 Å². The van der Waals surface area contributed by atoms with Gasteiger partial charge in [0.15, 0.2) is 5.13 Å². The quantitative estimate of drug-likeness (QED) is 0.898. The Morgan fingerprint density at radius 3 is 3.00 bits per heavy atom. The van der Waals surface area contributed by atoms with Gasteiger partial charge in [-0.1, -0.05) is 0 Å². The summed E-state index contributed by atoms with van der Waals surface area (Å²) in [6.45, 7) is 9.22. The van der Waals surface area contributed by atoms with Gasteiger partial charge in [0.05, 0.1) is 24.5 Å². The molecule has 0 unspecified atom stereocenters. The Bertz CT molecular complexity index is 670. The summed E-state index contributed by atoms with van der Waals surface area (Å²) < 4.78 is 5.25. The van der Waals surface area contributed by atoms with E-state index >= 15 is 0 Å². The molecule has 1 aliphatic rings. The number of nitrogens with zero attached hydrogens (tertiary/aromatic N) is 3. The predicted octanol–water partition coefficient (Wildman–Crippen LogP) is 2.26. The second-order valence-electron chi connectivity index (χ2n) is 6.28. The topological polar surface area (TPSA) is 61.6 Å². The van der Waals surface area contributed by atoms with Crippen molar-refractivity contribution in [2.24, 2.45) is 0 Å². The number of furan rings is 1. The molecule has 3 heterocycles. The zero-order chi connectivity index (χ0) is 17.1. The predicted molar refractivity (Wildman–Crippen MR) is 95.2 cm³/mol. The summed E-state index contributed by atoms with van der Waals surface area (Å²) in [5.74, 6) is 0.810. The molecule has 0 aliphatic carbocycles. The molecule has 1 saturated heterocycles. The average molecular weight is 348 g/mol. The lowest BCUT2D eigenvalue weighted by atomic mass is 10.1. The number of amides is 1. The highest BCUT2D eigenvalue weighted by Gasteiger charge is 2.30. The Hall–Kier alpha value is -1.86. The maximum Gasteiger partial charge on any atom is 0.237 e. The molecule has 2 aromatic heterocycles. The summed E-state index contributed by atoms with van der Waals surface area (Å²) in [4.78, 5) is 21.5. The number of aromatic nitrogens is 1. The number of piperazine rings is 1. The zero-order valence-electron chi connectivity index (χ0n) is 14.4. The molecule has 7 heteroatoms. The first-order chi connectivity index (χ1) is 11.5. The van der Waals surface area contributed by atoms with Crippen molar-refractivity contribution >= 4 is 22.4 Å². The lowest BCUT2D eigenvalue weighted by molar-refractivity contribution is -0.126. The molecule has 130 valence electrons. The average Bonchev–Trinajstić information content (AvgIpc) is 3.23. The minimum Gasteiger partial charge on any atom is -0.467 e. The number of hydrogen-bond donors (Lipinski definition) is 1. The fourth-order valence-electron chi connectivity index (χ4n) is 3.00. The molecule has 2 aromatic rings. The molecule has 24 heavy (non-hydrogen) atoms. The molecule has 0 aromatic carbocycles. The van der Waals surface area contributed by atoms with Gasteiger partial charge in [0.2, 0.25) is 5.91 Å². The van der Waals surface area contributed by atoms with Gasteiger partial charge in [0, 0.05) is 31.1 Å². The summed E-state index contributed by atoms with van der Waals surface area (Å²) in [7, 11) is 0. The lowest BCUT2D eigenvalue weighted by Gasteiger charge is -2.41. The number of thiazole rings is 1. The van der Waals surface area contributed by atoms with E-state index in [0.29, 0.717) is 12.6 Å². The van der Waals surface area contributed by atoms with Gasteiger partial charge in [-0.15, -0.1) is 11.3 Å². The standard InChI is InChI=1S/C17H24N4O2S/c1-12-11-24-17(19-12)21-7-6-20(10-13(21)2)14(3)16(22)18-9-15-5-4-8-23-15/h4-5,8,11,13-14H,6-7,9-10H2,1-3H3,(H,18,22)/t13-,14-/m1/s1. The Morgan fingerprint density at radius 2 is 2.38 bits per heavy atom. The highest BCUT2D eigenvalue weighted by atomic mass is 32.1. The number of aryl methyl sites for hydroxylation is 1. The van der Waals surface area contributed by atoms with Gasteiger partial charge >= 0.3 is 0 Å². The van der Waals surface area contributed by atoms with Gasteiger partial charge in [-0.3, -0.25) is 9.69 Å². The highest BCUT2D eigenvalue weighted by Crippen LogP contribution is 2.25. The molecule has 1 N–H and O–H groups in total. The molecule has 3 rings (SSSR count). The van der Waals surface area contributed by atoms with Crippen LogP contribution >= 0.6 is 11.3 Å². The molecule has 1 fully saturated rings. The summed E-state index contributed by atoms with van der Waals surface area (Å²) in [5, 5.41) is 6.11. The van der Waals surface area contributed by atoms with E-state index in [-0.39, 0.29) is 11.9 Å². The first kappa shape index (κ1) is 17.0. The van der Waals surface area contributed by atoms with Gasteiger partial charge < -0.3 is 14.6 Å². The van der Waals surface area contributed by atoms with Crippen molar-refractivity contribution in [2.75, 3.05) is 24.5 Å². The van der Waals surface area contributed by atoms with Crippen molar-refractivity contribution in [1.82, 2.24) is 15.2 Å². The second-order valence-corrected chi connectivity index (χ2v) is 7.12. The lowest BCUT2D eigenvalue weighted by Crippen LogP contribution is -2.57. The van der Waals surface area contributed by atoms with Gasteiger partial charge in [0.25, 0.3) is 0 Å². The van der Waals surface area contributed by atoms with E-state index in [1.807, 2.05) is 26.0 Å². The van der Waals surface area contributed by atoms with Crippen LogP contribution in [0.5, 0.6) is 0 Å². The van der Waals surface area contributed by atoms with Crippen LogP contribution in [0, 0.1) is 6.92 Å². The van der Waals surface area contributed by atoms with Crippen LogP contribution in [0.2, 0.25) is 0 Å². The smallest absolute Gasteiger partial charge is 0.237 e. The van der Waals surface area contributed by atoms with Crippen LogP contribution in [-0.4, -0.2) is 47.5 Å². The van der Waals surface area contributed by atoms with Crippen molar-refractivity contribution in [3.05, 3.63) is 35.2 Å². The molecule has 0 radical (unpaired) electrons. The zero-order valence-corrected chi connectivity index (χ0v) is 15.2. The largest absolute Gasteiger partial charge is 0.467 e. The van der Waals surface area contributed by atoms with Crippen molar-refractivity contribution in [3.63, 3.8) is 0 Å². The maximum absolute atomic E-state index is 12.4. The summed E-state index contributed by atoms with van der Waals surface area (Å²) in [5.41, 5.74) is 1.07. The first-order valence-electron chi connectivity index (χ1n) is 8.27. The van der Waals surface area contributed by atoms with Crippen LogP contribution < -0.4 is 10.2 Å². The van der Waals surface area contributed by atoms with Crippen LogP contribution in [-0.2, 0) is 11.3 Å². The van der Waals surface area contributed by atoms with E-state index < -0.39 is 0 Å². The monoisotopic (exact) mass is 348 g/mol. The van der Waals surface area contributed by atoms with Crippen LogP contribution in [0.4, 0.5) is 5.13 Å². The molecule has 6 nitrogen and oxygen atoms in total. The third-order valence-electron chi connectivity index (χ3n) is 4.46. The summed E-state index contributed by atoms with van der Waals surface area (Å²) >= 11 is 1.69. The SMILES string of the molecule is Cc1csc(N2CCN([C@H](C)C(=O)NCc3ccco3)C[C@H]2C)n1. The number of anilines is 1. The number of hydrogen-bond acceptors (Lipinski definition) is 6. The molecule has 1 aliphatic heterocycles. The minimum atomic E-state index is -0.150. The highest BCUT2D eigenvalue weighted by molar-refractivity contribution is 7.13. The van der Waals surface area contributed by atoms with Gasteiger partial charge in [-0.2, -0.15) is 0 Å². The summed E-state index contributed by atoms with van der Waals surface area (Å²) in [6.07, 6.45) is 1.62. The van der Waals surface area contributed by atoms with E-state index in [0.717, 1.165) is 36.2 Å². The molecule has 0 bridgehead atoms. The third kappa shape index (κ3) is 3.79.